The smallest absolute Gasteiger partial charge is 0.0776 e. The molecule has 0 saturated carbocycles. The van der Waals surface area contributed by atoms with Crippen LogP contribution in [0.4, 0.5) is 0 Å². The second-order valence-electron chi connectivity index (χ2n) is 7.45. The van der Waals surface area contributed by atoms with Crippen molar-refractivity contribution in [2.24, 2.45) is 0 Å². The van der Waals surface area contributed by atoms with Crippen LogP contribution in [0, 0.1) is 0 Å². The zero-order valence-electron chi connectivity index (χ0n) is 15.5. The molecule has 2 aromatic carbocycles. The van der Waals surface area contributed by atoms with Crippen LogP contribution in [0.5, 0.6) is 0 Å². The molecular formula is C22H26Br2N2O. The van der Waals surface area contributed by atoms with Crippen molar-refractivity contribution in [2.75, 3.05) is 26.2 Å². The molecule has 5 heteroatoms. The summed E-state index contributed by atoms with van der Waals surface area (Å²) in [6.45, 7) is 4.93. The highest BCUT2D eigenvalue weighted by Crippen LogP contribution is 2.36. The Kier molecular flexibility index (Phi) is 6.66. The molecule has 2 aromatic rings. The minimum Gasteiger partial charge on any atom is -0.372 e. The first-order valence-electron chi connectivity index (χ1n) is 9.80. The number of aryl methyl sites for hydroxylation is 1. The Morgan fingerprint density at radius 1 is 1.04 bits per heavy atom. The monoisotopic (exact) mass is 492 g/mol. The molecule has 1 saturated heterocycles. The van der Waals surface area contributed by atoms with Gasteiger partial charge in [0.1, 0.15) is 0 Å². The summed E-state index contributed by atoms with van der Waals surface area (Å²) < 4.78 is 8.75. The Morgan fingerprint density at radius 2 is 1.78 bits per heavy atom. The Balaban J connectivity index is 1.58. The quantitative estimate of drug-likeness (QED) is 0.601. The minimum atomic E-state index is 0.226. The predicted octanol–water partition coefficient (Wildman–Crippen LogP) is 5.08. The molecule has 3 nitrogen and oxygen atoms in total. The van der Waals surface area contributed by atoms with Crippen LogP contribution in [0.25, 0.3) is 0 Å². The van der Waals surface area contributed by atoms with E-state index in [-0.39, 0.29) is 6.10 Å². The molecular weight excluding hydrogens is 468 g/mol. The maximum absolute atomic E-state index is 6.58. The summed E-state index contributed by atoms with van der Waals surface area (Å²) in [4.78, 5) is 2.63. The van der Waals surface area contributed by atoms with Gasteiger partial charge in [0.25, 0.3) is 0 Å². The average Bonchev–Trinajstić information content (AvgIpc) is 2.85. The van der Waals surface area contributed by atoms with E-state index in [4.69, 9.17) is 4.74 Å². The Hall–Kier alpha value is -0.720. The van der Waals surface area contributed by atoms with Crippen molar-refractivity contribution in [3.63, 3.8) is 0 Å². The third-order valence-electron chi connectivity index (χ3n) is 5.59. The molecule has 0 radical (unpaired) electrons. The molecule has 1 N–H and O–H groups in total. The Morgan fingerprint density at radius 3 is 2.56 bits per heavy atom. The fourth-order valence-electron chi connectivity index (χ4n) is 4.37. The molecule has 2 aliphatic rings. The summed E-state index contributed by atoms with van der Waals surface area (Å²) in [5, 5.41) is 3.49. The van der Waals surface area contributed by atoms with Gasteiger partial charge in [-0.1, -0.05) is 56.1 Å². The molecule has 0 spiro atoms. The molecule has 0 unspecified atom stereocenters. The third kappa shape index (κ3) is 4.83. The minimum absolute atomic E-state index is 0.226. The largest absolute Gasteiger partial charge is 0.372 e. The maximum Gasteiger partial charge on any atom is 0.0776 e. The van der Waals surface area contributed by atoms with E-state index in [1.807, 2.05) is 0 Å². The molecule has 1 aliphatic carbocycles. The maximum atomic E-state index is 6.58. The fourth-order valence-corrected chi connectivity index (χ4v) is 5.75. The van der Waals surface area contributed by atoms with Gasteiger partial charge in [0.15, 0.2) is 0 Å². The van der Waals surface area contributed by atoms with E-state index in [0.717, 1.165) is 48.0 Å². The van der Waals surface area contributed by atoms with Crippen LogP contribution in [-0.4, -0.2) is 37.2 Å². The summed E-state index contributed by atoms with van der Waals surface area (Å²) in [6, 6.07) is 15.7. The number of rotatable bonds is 4. The zero-order valence-corrected chi connectivity index (χ0v) is 18.6. The van der Waals surface area contributed by atoms with Crippen molar-refractivity contribution < 1.29 is 4.74 Å². The van der Waals surface area contributed by atoms with E-state index in [0.29, 0.717) is 12.6 Å². The SMILES string of the molecule is Brc1cc(Br)cc(CO[C@@H]2CCCc3ccccc3[C@H]2N2CCNCC2)c1. The van der Waals surface area contributed by atoms with Crippen molar-refractivity contribution in [1.29, 1.82) is 0 Å². The number of nitrogens with zero attached hydrogens (tertiary/aromatic N) is 1. The van der Waals surface area contributed by atoms with Crippen LogP contribution < -0.4 is 5.32 Å². The van der Waals surface area contributed by atoms with Gasteiger partial charge >= 0.3 is 0 Å². The van der Waals surface area contributed by atoms with E-state index >= 15 is 0 Å². The average molecular weight is 494 g/mol. The van der Waals surface area contributed by atoms with Gasteiger partial charge in [-0.3, -0.25) is 4.90 Å². The number of hydrogen-bond donors (Lipinski definition) is 1. The summed E-state index contributed by atoms with van der Waals surface area (Å²) >= 11 is 7.17. The van der Waals surface area contributed by atoms with Gasteiger partial charge in [-0.25, -0.2) is 0 Å². The lowest BCUT2D eigenvalue weighted by atomic mass is 9.95. The Labute approximate surface area is 178 Å². The van der Waals surface area contributed by atoms with E-state index in [1.54, 1.807) is 0 Å². The molecule has 144 valence electrons. The third-order valence-corrected chi connectivity index (χ3v) is 6.51. The number of benzene rings is 2. The summed E-state index contributed by atoms with van der Waals surface area (Å²) in [5.74, 6) is 0. The van der Waals surface area contributed by atoms with Crippen molar-refractivity contribution >= 4 is 31.9 Å². The topological polar surface area (TPSA) is 24.5 Å². The van der Waals surface area contributed by atoms with Gasteiger partial charge < -0.3 is 10.1 Å². The van der Waals surface area contributed by atoms with Gasteiger partial charge in [0, 0.05) is 35.1 Å². The van der Waals surface area contributed by atoms with Gasteiger partial charge in [0.05, 0.1) is 18.8 Å². The van der Waals surface area contributed by atoms with Crippen molar-refractivity contribution in [2.45, 2.75) is 38.0 Å². The lowest BCUT2D eigenvalue weighted by Gasteiger charge is -2.39. The number of halogens is 2. The molecule has 1 heterocycles. The van der Waals surface area contributed by atoms with Crippen LogP contribution in [0.3, 0.4) is 0 Å². The number of piperazine rings is 1. The van der Waals surface area contributed by atoms with Crippen LogP contribution >= 0.6 is 31.9 Å². The lowest BCUT2D eigenvalue weighted by Crippen LogP contribution is -2.48. The molecule has 4 rings (SSSR count). The van der Waals surface area contributed by atoms with Crippen LogP contribution in [0.2, 0.25) is 0 Å². The van der Waals surface area contributed by atoms with E-state index < -0.39 is 0 Å². The van der Waals surface area contributed by atoms with Crippen LogP contribution in [-0.2, 0) is 17.8 Å². The molecule has 0 bridgehead atoms. The molecule has 1 fully saturated rings. The molecule has 2 atom stereocenters. The number of ether oxygens (including phenoxy) is 1. The highest BCUT2D eigenvalue weighted by atomic mass is 79.9. The molecule has 0 amide bonds. The highest BCUT2D eigenvalue weighted by molar-refractivity contribution is 9.11. The van der Waals surface area contributed by atoms with Crippen LogP contribution in [0.15, 0.2) is 51.4 Å². The fraction of sp³-hybridized carbons (Fsp3) is 0.455. The van der Waals surface area contributed by atoms with Gasteiger partial charge in [-0.2, -0.15) is 0 Å². The van der Waals surface area contributed by atoms with Crippen molar-refractivity contribution in [3.05, 3.63) is 68.1 Å². The standard InChI is InChI=1S/C22H26Br2N2O/c23-18-12-16(13-19(24)14-18)15-27-21-7-3-5-17-4-1-2-6-20(17)22(21)26-10-8-25-9-11-26/h1-2,4,6,12-14,21-22,25H,3,5,7-11,15H2/t21-,22-/m1/s1. The van der Waals surface area contributed by atoms with Crippen LogP contribution in [0.1, 0.15) is 35.6 Å². The molecule has 1 aliphatic heterocycles. The van der Waals surface area contributed by atoms with Crippen molar-refractivity contribution in [3.8, 4) is 0 Å². The summed E-state index contributed by atoms with van der Waals surface area (Å²) in [5.41, 5.74) is 4.17. The second-order valence-corrected chi connectivity index (χ2v) is 9.28. The number of fused-ring (bicyclic) bond motifs is 1. The van der Waals surface area contributed by atoms with Gasteiger partial charge in [-0.15, -0.1) is 0 Å². The lowest BCUT2D eigenvalue weighted by molar-refractivity contribution is -0.0320. The normalized spacial score (nSPS) is 23.6. The molecule has 27 heavy (non-hydrogen) atoms. The number of hydrogen-bond acceptors (Lipinski definition) is 3. The van der Waals surface area contributed by atoms with Gasteiger partial charge in [-0.05, 0) is 54.2 Å². The van der Waals surface area contributed by atoms with E-state index in [2.05, 4.69) is 84.5 Å². The van der Waals surface area contributed by atoms with Crippen molar-refractivity contribution in [1.82, 2.24) is 10.2 Å². The predicted molar refractivity (Wildman–Crippen MR) is 117 cm³/mol. The zero-order chi connectivity index (χ0) is 18.6. The van der Waals surface area contributed by atoms with E-state index in [9.17, 15) is 0 Å². The summed E-state index contributed by atoms with van der Waals surface area (Å²) in [6.07, 6.45) is 3.68. The van der Waals surface area contributed by atoms with Gasteiger partial charge in [0.2, 0.25) is 0 Å². The first-order chi connectivity index (χ1) is 13.2. The van der Waals surface area contributed by atoms with E-state index in [1.165, 1.54) is 23.1 Å². The summed E-state index contributed by atoms with van der Waals surface area (Å²) in [7, 11) is 0. The number of nitrogens with one attached hydrogen (secondary N) is 1. The first-order valence-corrected chi connectivity index (χ1v) is 11.4. The molecule has 0 aromatic heterocycles. The highest BCUT2D eigenvalue weighted by Gasteiger charge is 2.33. The second kappa shape index (κ2) is 9.19. The first kappa shape index (κ1) is 19.6. The Bertz CT molecular complexity index is 756.